The van der Waals surface area contributed by atoms with Crippen LogP contribution in [0.4, 0.5) is 0 Å². The molecule has 2 atom stereocenters. The van der Waals surface area contributed by atoms with Crippen LogP contribution in [0.25, 0.3) is 0 Å². The Hall–Kier alpha value is -0.870. The van der Waals surface area contributed by atoms with E-state index in [4.69, 9.17) is 0 Å². The number of hydrogen-bond donors (Lipinski definition) is 1. The SMILES string of the molecule is COC(=O)C(C)C(O)c1ccc(C)c(Br)c1. The van der Waals surface area contributed by atoms with E-state index >= 15 is 0 Å². The van der Waals surface area contributed by atoms with E-state index in [1.807, 2.05) is 25.1 Å². The van der Waals surface area contributed by atoms with Crippen LogP contribution in [0, 0.1) is 12.8 Å². The zero-order chi connectivity index (χ0) is 12.3. The van der Waals surface area contributed by atoms with Gasteiger partial charge in [-0.05, 0) is 31.0 Å². The summed E-state index contributed by atoms with van der Waals surface area (Å²) in [5, 5.41) is 9.98. The number of aliphatic hydroxyl groups is 1. The Morgan fingerprint density at radius 2 is 2.12 bits per heavy atom. The van der Waals surface area contributed by atoms with Crippen LogP contribution in [-0.4, -0.2) is 18.2 Å². The quantitative estimate of drug-likeness (QED) is 0.869. The van der Waals surface area contributed by atoms with E-state index in [9.17, 15) is 9.90 Å². The summed E-state index contributed by atoms with van der Waals surface area (Å²) < 4.78 is 5.52. The number of esters is 1. The number of halogens is 1. The summed E-state index contributed by atoms with van der Waals surface area (Å²) in [6.07, 6.45) is -0.843. The predicted octanol–water partition coefficient (Wildman–Crippen LogP) is 2.60. The Labute approximate surface area is 104 Å². The molecule has 0 fully saturated rings. The summed E-state index contributed by atoms with van der Waals surface area (Å²) in [4.78, 5) is 11.3. The number of aliphatic hydroxyl groups excluding tert-OH is 1. The van der Waals surface area contributed by atoms with Gasteiger partial charge in [0, 0.05) is 4.47 Å². The Balaban J connectivity index is 2.91. The second kappa shape index (κ2) is 5.46. The van der Waals surface area contributed by atoms with Crippen LogP contribution in [0.3, 0.4) is 0 Å². The molecule has 0 saturated carbocycles. The standard InChI is InChI=1S/C12H15BrO3/c1-7-4-5-9(6-10(7)13)11(14)8(2)12(15)16-3/h4-6,8,11,14H,1-3H3. The second-order valence-electron chi connectivity index (χ2n) is 3.77. The molecular weight excluding hydrogens is 272 g/mol. The van der Waals surface area contributed by atoms with Crippen LogP contribution in [0.1, 0.15) is 24.2 Å². The first-order chi connectivity index (χ1) is 7.47. The van der Waals surface area contributed by atoms with Gasteiger partial charge >= 0.3 is 5.97 Å². The Kier molecular flexibility index (Phi) is 4.50. The number of carbonyl (C=O) groups excluding carboxylic acids is 1. The van der Waals surface area contributed by atoms with Crippen molar-refractivity contribution in [2.24, 2.45) is 5.92 Å². The van der Waals surface area contributed by atoms with Gasteiger partial charge < -0.3 is 9.84 Å². The van der Waals surface area contributed by atoms with Gasteiger partial charge in [-0.2, -0.15) is 0 Å². The second-order valence-corrected chi connectivity index (χ2v) is 4.62. The molecule has 88 valence electrons. The number of benzene rings is 1. The first kappa shape index (κ1) is 13.2. The lowest BCUT2D eigenvalue weighted by Gasteiger charge is -2.17. The van der Waals surface area contributed by atoms with Crippen molar-refractivity contribution in [1.29, 1.82) is 0 Å². The van der Waals surface area contributed by atoms with Crippen LogP contribution >= 0.6 is 15.9 Å². The third-order valence-electron chi connectivity index (χ3n) is 2.58. The summed E-state index contributed by atoms with van der Waals surface area (Å²) in [5.41, 5.74) is 1.79. The summed E-state index contributed by atoms with van der Waals surface area (Å²) in [6, 6.07) is 5.52. The van der Waals surface area contributed by atoms with E-state index in [0.29, 0.717) is 5.56 Å². The molecule has 3 nitrogen and oxygen atoms in total. The van der Waals surface area contributed by atoms with E-state index in [1.165, 1.54) is 7.11 Å². The molecule has 4 heteroatoms. The predicted molar refractivity (Wildman–Crippen MR) is 65.0 cm³/mol. The minimum absolute atomic E-state index is 0.413. The maximum atomic E-state index is 11.3. The van der Waals surface area contributed by atoms with Crippen LogP contribution in [0.2, 0.25) is 0 Å². The van der Waals surface area contributed by atoms with Crippen LogP contribution in [0.15, 0.2) is 22.7 Å². The van der Waals surface area contributed by atoms with Crippen LogP contribution in [0.5, 0.6) is 0 Å². The molecule has 1 N–H and O–H groups in total. The Bertz CT molecular complexity index is 390. The van der Waals surface area contributed by atoms with E-state index in [2.05, 4.69) is 20.7 Å². The smallest absolute Gasteiger partial charge is 0.311 e. The fourth-order valence-corrected chi connectivity index (χ4v) is 1.79. The van der Waals surface area contributed by atoms with E-state index in [1.54, 1.807) is 6.92 Å². The van der Waals surface area contributed by atoms with Gasteiger partial charge in [0.05, 0.1) is 19.1 Å². The first-order valence-corrected chi connectivity index (χ1v) is 5.78. The molecule has 0 aliphatic heterocycles. The van der Waals surface area contributed by atoms with E-state index in [0.717, 1.165) is 10.0 Å². The number of hydrogen-bond acceptors (Lipinski definition) is 3. The fraction of sp³-hybridized carbons (Fsp3) is 0.417. The lowest BCUT2D eigenvalue weighted by molar-refractivity contribution is -0.148. The Morgan fingerprint density at radius 3 is 2.62 bits per heavy atom. The van der Waals surface area contributed by atoms with Crippen molar-refractivity contribution >= 4 is 21.9 Å². The van der Waals surface area contributed by atoms with Gasteiger partial charge in [-0.3, -0.25) is 4.79 Å². The van der Waals surface area contributed by atoms with Crippen molar-refractivity contribution in [2.45, 2.75) is 20.0 Å². The molecule has 0 aliphatic rings. The maximum Gasteiger partial charge on any atom is 0.311 e. The zero-order valence-corrected chi connectivity index (χ0v) is 11.1. The van der Waals surface area contributed by atoms with Gasteiger partial charge in [0.1, 0.15) is 0 Å². The number of ether oxygens (including phenoxy) is 1. The van der Waals surface area contributed by atoms with Gasteiger partial charge in [-0.25, -0.2) is 0 Å². The van der Waals surface area contributed by atoms with E-state index in [-0.39, 0.29) is 0 Å². The molecule has 1 aromatic carbocycles. The van der Waals surface area contributed by atoms with Crippen molar-refractivity contribution in [3.63, 3.8) is 0 Å². The fourth-order valence-electron chi connectivity index (χ4n) is 1.40. The number of methoxy groups -OCH3 is 1. The molecule has 1 rings (SSSR count). The van der Waals surface area contributed by atoms with Crippen molar-refractivity contribution < 1.29 is 14.6 Å². The van der Waals surface area contributed by atoms with Crippen molar-refractivity contribution in [2.75, 3.05) is 7.11 Å². The third kappa shape index (κ3) is 2.83. The molecule has 0 bridgehead atoms. The molecule has 0 saturated heterocycles. The molecule has 2 unspecified atom stereocenters. The van der Waals surface area contributed by atoms with Crippen molar-refractivity contribution in [3.05, 3.63) is 33.8 Å². The minimum Gasteiger partial charge on any atom is -0.469 e. The lowest BCUT2D eigenvalue weighted by Crippen LogP contribution is -2.20. The largest absolute Gasteiger partial charge is 0.469 e. The zero-order valence-electron chi connectivity index (χ0n) is 9.53. The summed E-state index contributed by atoms with van der Waals surface area (Å²) in [7, 11) is 1.32. The highest BCUT2D eigenvalue weighted by Crippen LogP contribution is 2.26. The molecule has 16 heavy (non-hydrogen) atoms. The van der Waals surface area contributed by atoms with Gasteiger partial charge in [-0.1, -0.05) is 28.1 Å². The average Bonchev–Trinajstić information content (AvgIpc) is 2.29. The molecule has 0 radical (unpaired) electrons. The molecule has 0 amide bonds. The summed E-state index contributed by atoms with van der Waals surface area (Å²) in [6.45, 7) is 3.61. The normalized spacial score (nSPS) is 14.3. The summed E-state index contributed by atoms with van der Waals surface area (Å²) >= 11 is 3.39. The van der Waals surface area contributed by atoms with Gasteiger partial charge in [0.15, 0.2) is 0 Å². The summed E-state index contributed by atoms with van der Waals surface area (Å²) in [5.74, 6) is -0.983. The van der Waals surface area contributed by atoms with Gasteiger partial charge in [0.2, 0.25) is 0 Å². The Morgan fingerprint density at radius 1 is 1.50 bits per heavy atom. The number of rotatable bonds is 3. The highest BCUT2D eigenvalue weighted by atomic mass is 79.9. The molecular formula is C12H15BrO3. The topological polar surface area (TPSA) is 46.5 Å². The van der Waals surface area contributed by atoms with Crippen molar-refractivity contribution in [3.8, 4) is 0 Å². The monoisotopic (exact) mass is 286 g/mol. The number of aryl methyl sites for hydroxylation is 1. The van der Waals surface area contributed by atoms with Gasteiger partial charge in [0.25, 0.3) is 0 Å². The molecule has 1 aromatic rings. The maximum absolute atomic E-state index is 11.3. The lowest BCUT2D eigenvalue weighted by atomic mass is 9.97. The molecule has 0 aliphatic carbocycles. The molecule has 0 heterocycles. The van der Waals surface area contributed by atoms with Crippen LogP contribution in [-0.2, 0) is 9.53 Å². The minimum atomic E-state index is -0.843. The highest BCUT2D eigenvalue weighted by Gasteiger charge is 2.24. The highest BCUT2D eigenvalue weighted by molar-refractivity contribution is 9.10. The van der Waals surface area contributed by atoms with E-state index < -0.39 is 18.0 Å². The molecule has 0 spiro atoms. The molecule has 0 aromatic heterocycles. The van der Waals surface area contributed by atoms with Crippen molar-refractivity contribution in [1.82, 2.24) is 0 Å². The average molecular weight is 287 g/mol. The first-order valence-electron chi connectivity index (χ1n) is 4.99. The van der Waals surface area contributed by atoms with Crippen LogP contribution < -0.4 is 0 Å². The third-order valence-corrected chi connectivity index (χ3v) is 3.44. The number of carbonyl (C=O) groups is 1. The van der Waals surface area contributed by atoms with Gasteiger partial charge in [-0.15, -0.1) is 0 Å².